The highest BCUT2D eigenvalue weighted by molar-refractivity contribution is 4.90. The molecule has 2 fully saturated rings. The summed E-state index contributed by atoms with van der Waals surface area (Å²) >= 11 is 0. The summed E-state index contributed by atoms with van der Waals surface area (Å²) < 4.78 is 26.2. The van der Waals surface area contributed by atoms with E-state index in [1.807, 2.05) is 0 Å². The zero-order valence-corrected chi connectivity index (χ0v) is 11.9. The second-order valence-corrected chi connectivity index (χ2v) is 5.01. The van der Waals surface area contributed by atoms with Gasteiger partial charge in [0.1, 0.15) is 36.6 Å². The van der Waals surface area contributed by atoms with E-state index in [0.29, 0.717) is 0 Å². The zero-order valence-electron chi connectivity index (χ0n) is 11.9. The average Bonchev–Trinajstić information content (AvgIpc) is 2.75. The van der Waals surface area contributed by atoms with Crippen LogP contribution in [0, 0.1) is 0 Å². The third-order valence-corrected chi connectivity index (χ3v) is 3.77. The van der Waals surface area contributed by atoms with Gasteiger partial charge in [-0.1, -0.05) is 0 Å². The average molecular weight is 310 g/mol. The van der Waals surface area contributed by atoms with Crippen molar-refractivity contribution in [3.8, 4) is 0 Å². The minimum atomic E-state index is -1.45. The van der Waals surface area contributed by atoms with Crippen molar-refractivity contribution in [2.75, 3.05) is 27.4 Å². The predicted octanol–water partition coefficient (Wildman–Crippen LogP) is -2.81. The van der Waals surface area contributed by atoms with E-state index in [1.54, 1.807) is 0 Å². The number of hydrogen-bond acceptors (Lipinski definition) is 9. The summed E-state index contributed by atoms with van der Waals surface area (Å²) in [6.07, 6.45) is -8.04. The summed E-state index contributed by atoms with van der Waals surface area (Å²) in [7, 11) is 2.82. The van der Waals surface area contributed by atoms with Gasteiger partial charge in [-0.3, -0.25) is 0 Å². The fourth-order valence-electron chi connectivity index (χ4n) is 2.52. The molecule has 8 atom stereocenters. The van der Waals surface area contributed by atoms with Gasteiger partial charge in [0.05, 0.1) is 13.2 Å². The lowest BCUT2D eigenvalue weighted by Gasteiger charge is -2.39. The second kappa shape index (κ2) is 7.27. The molecular formula is C12H22O9. The van der Waals surface area contributed by atoms with Crippen molar-refractivity contribution in [3.05, 3.63) is 0 Å². The SMILES string of the molecule is CO[C@H]1[C@H](O[C@H]2[C@H](CO)OC(O)[C@@H]2O)OC[C@@H](OC)[C@@H]1O. The van der Waals surface area contributed by atoms with Gasteiger partial charge in [0.2, 0.25) is 0 Å². The molecule has 0 aromatic rings. The number of aliphatic hydroxyl groups is 4. The van der Waals surface area contributed by atoms with Crippen molar-refractivity contribution in [1.82, 2.24) is 0 Å². The number of hydrogen-bond donors (Lipinski definition) is 4. The van der Waals surface area contributed by atoms with Crippen LogP contribution in [0.1, 0.15) is 0 Å². The van der Waals surface area contributed by atoms with Gasteiger partial charge in [0, 0.05) is 14.2 Å². The maximum atomic E-state index is 10.1. The highest BCUT2D eigenvalue weighted by Crippen LogP contribution is 2.28. The van der Waals surface area contributed by atoms with Gasteiger partial charge in [-0.05, 0) is 0 Å². The molecule has 2 aliphatic rings. The quantitative estimate of drug-likeness (QED) is 0.425. The zero-order chi connectivity index (χ0) is 15.6. The molecule has 0 spiro atoms. The van der Waals surface area contributed by atoms with Crippen molar-refractivity contribution < 1.29 is 44.1 Å². The van der Waals surface area contributed by atoms with Crippen LogP contribution < -0.4 is 0 Å². The van der Waals surface area contributed by atoms with Crippen LogP contribution in [0.2, 0.25) is 0 Å². The first-order valence-electron chi connectivity index (χ1n) is 6.66. The first-order chi connectivity index (χ1) is 10.0. The maximum absolute atomic E-state index is 10.1. The fraction of sp³-hybridized carbons (Fsp3) is 1.00. The molecule has 0 radical (unpaired) electrons. The van der Waals surface area contributed by atoms with Crippen LogP contribution in [0.3, 0.4) is 0 Å². The Bertz CT molecular complexity index is 328. The van der Waals surface area contributed by atoms with E-state index in [0.717, 1.165) is 0 Å². The van der Waals surface area contributed by atoms with E-state index in [2.05, 4.69) is 0 Å². The Morgan fingerprint density at radius 1 is 1.05 bits per heavy atom. The molecule has 0 aromatic heterocycles. The summed E-state index contributed by atoms with van der Waals surface area (Å²) in [4.78, 5) is 0. The standard InChI is InChI=1S/C12H22O9/c1-17-6-4-19-12(10(18-2)7(6)14)21-9-5(3-13)20-11(16)8(9)15/h5-16H,3-4H2,1-2H3/t5-,6+,7-,8+,9-,10+,11?,12-/m0/s1. The van der Waals surface area contributed by atoms with Crippen LogP contribution in [-0.4, -0.2) is 97.1 Å². The number of methoxy groups -OCH3 is 2. The molecule has 4 N–H and O–H groups in total. The summed E-state index contributed by atoms with van der Waals surface area (Å²) in [6.45, 7) is -0.357. The Labute approximate surface area is 121 Å². The molecule has 1 unspecified atom stereocenters. The maximum Gasteiger partial charge on any atom is 0.187 e. The number of rotatable bonds is 5. The molecule has 9 heteroatoms. The Balaban J connectivity index is 2.04. The van der Waals surface area contributed by atoms with Crippen molar-refractivity contribution in [1.29, 1.82) is 0 Å². The lowest BCUT2D eigenvalue weighted by Crippen LogP contribution is -2.57. The molecular weight excluding hydrogens is 288 g/mol. The van der Waals surface area contributed by atoms with Crippen molar-refractivity contribution in [3.63, 3.8) is 0 Å². The van der Waals surface area contributed by atoms with Gasteiger partial charge in [-0.2, -0.15) is 0 Å². The molecule has 0 amide bonds. The number of ether oxygens (including phenoxy) is 5. The summed E-state index contributed by atoms with van der Waals surface area (Å²) in [6, 6.07) is 0. The Morgan fingerprint density at radius 2 is 1.76 bits per heavy atom. The molecule has 2 aliphatic heterocycles. The summed E-state index contributed by atoms with van der Waals surface area (Å²) in [5, 5.41) is 38.6. The molecule has 0 saturated carbocycles. The van der Waals surface area contributed by atoms with E-state index in [9.17, 15) is 20.4 Å². The second-order valence-electron chi connectivity index (χ2n) is 5.01. The van der Waals surface area contributed by atoms with Gasteiger partial charge in [-0.25, -0.2) is 0 Å². The summed E-state index contributed by atoms with van der Waals surface area (Å²) in [5.41, 5.74) is 0. The minimum absolute atomic E-state index is 0.0816. The molecule has 124 valence electrons. The smallest absolute Gasteiger partial charge is 0.187 e. The molecule has 21 heavy (non-hydrogen) atoms. The first kappa shape index (κ1) is 17.0. The molecule has 0 bridgehead atoms. The van der Waals surface area contributed by atoms with E-state index in [4.69, 9.17) is 23.7 Å². The van der Waals surface area contributed by atoms with Crippen molar-refractivity contribution in [2.45, 2.75) is 49.2 Å². The largest absolute Gasteiger partial charge is 0.394 e. The molecule has 2 heterocycles. The van der Waals surface area contributed by atoms with Crippen molar-refractivity contribution >= 4 is 0 Å². The van der Waals surface area contributed by atoms with Gasteiger partial charge in [0.15, 0.2) is 12.6 Å². The Kier molecular flexibility index (Phi) is 5.88. The normalized spacial score (nSPS) is 47.7. The Morgan fingerprint density at radius 3 is 2.33 bits per heavy atom. The van der Waals surface area contributed by atoms with Crippen LogP contribution >= 0.6 is 0 Å². The van der Waals surface area contributed by atoms with Crippen molar-refractivity contribution in [2.24, 2.45) is 0 Å². The topological polar surface area (TPSA) is 127 Å². The molecule has 9 nitrogen and oxygen atoms in total. The predicted molar refractivity (Wildman–Crippen MR) is 66.2 cm³/mol. The van der Waals surface area contributed by atoms with Crippen LogP contribution in [-0.2, 0) is 23.7 Å². The van der Waals surface area contributed by atoms with Gasteiger partial charge in [-0.15, -0.1) is 0 Å². The monoisotopic (exact) mass is 310 g/mol. The molecule has 0 aliphatic carbocycles. The third kappa shape index (κ3) is 3.36. The van der Waals surface area contributed by atoms with Gasteiger partial charge >= 0.3 is 0 Å². The third-order valence-electron chi connectivity index (χ3n) is 3.77. The fourth-order valence-corrected chi connectivity index (χ4v) is 2.52. The van der Waals surface area contributed by atoms with Crippen LogP contribution in [0.15, 0.2) is 0 Å². The lowest BCUT2D eigenvalue weighted by molar-refractivity contribution is -0.298. The van der Waals surface area contributed by atoms with Crippen LogP contribution in [0.25, 0.3) is 0 Å². The van der Waals surface area contributed by atoms with E-state index < -0.39 is 55.8 Å². The van der Waals surface area contributed by atoms with Crippen LogP contribution in [0.5, 0.6) is 0 Å². The van der Waals surface area contributed by atoms with Crippen LogP contribution in [0.4, 0.5) is 0 Å². The van der Waals surface area contributed by atoms with E-state index in [1.165, 1.54) is 14.2 Å². The van der Waals surface area contributed by atoms with Gasteiger partial charge < -0.3 is 44.1 Å². The minimum Gasteiger partial charge on any atom is -0.394 e. The Hall–Kier alpha value is -0.360. The molecule has 2 saturated heterocycles. The number of aliphatic hydroxyl groups excluding tert-OH is 4. The highest BCUT2D eigenvalue weighted by Gasteiger charge is 2.48. The van der Waals surface area contributed by atoms with Gasteiger partial charge in [0.25, 0.3) is 0 Å². The first-order valence-corrected chi connectivity index (χ1v) is 6.66. The molecule has 2 rings (SSSR count). The van der Waals surface area contributed by atoms with E-state index in [-0.39, 0.29) is 6.61 Å². The molecule has 0 aromatic carbocycles. The lowest BCUT2D eigenvalue weighted by atomic mass is 10.0. The van der Waals surface area contributed by atoms with E-state index >= 15 is 0 Å². The summed E-state index contributed by atoms with van der Waals surface area (Å²) in [5.74, 6) is 0. The highest BCUT2D eigenvalue weighted by atomic mass is 16.7.